The SMILES string of the molecule is CCN(C)/C=N/c1cc(Cl)c(C)nc1C. The van der Waals surface area contributed by atoms with Gasteiger partial charge >= 0.3 is 0 Å². The van der Waals surface area contributed by atoms with Crippen LogP contribution in [0.5, 0.6) is 0 Å². The molecule has 0 atom stereocenters. The molecule has 82 valence electrons. The minimum Gasteiger partial charge on any atom is -0.366 e. The summed E-state index contributed by atoms with van der Waals surface area (Å²) in [4.78, 5) is 10.6. The summed E-state index contributed by atoms with van der Waals surface area (Å²) in [6, 6.07) is 1.85. The second-order valence-corrected chi connectivity index (χ2v) is 3.89. The fourth-order valence-corrected chi connectivity index (χ4v) is 1.21. The first-order valence-electron chi connectivity index (χ1n) is 4.92. The number of nitrogens with zero attached hydrogens (tertiary/aromatic N) is 3. The van der Waals surface area contributed by atoms with Gasteiger partial charge in [0.05, 0.1) is 28.4 Å². The molecule has 0 radical (unpaired) electrons. The maximum atomic E-state index is 5.98. The van der Waals surface area contributed by atoms with Crippen molar-refractivity contribution >= 4 is 23.6 Å². The summed E-state index contributed by atoms with van der Waals surface area (Å²) in [5.41, 5.74) is 2.57. The quantitative estimate of drug-likeness (QED) is 0.585. The Morgan fingerprint density at radius 1 is 1.47 bits per heavy atom. The molecule has 0 bridgehead atoms. The number of halogens is 1. The summed E-state index contributed by atoms with van der Waals surface area (Å²) in [5.74, 6) is 0. The predicted octanol–water partition coefficient (Wildman–Crippen LogP) is 2.96. The van der Waals surface area contributed by atoms with E-state index in [1.54, 1.807) is 6.34 Å². The molecule has 1 aromatic heterocycles. The van der Waals surface area contributed by atoms with Gasteiger partial charge in [-0.15, -0.1) is 0 Å². The van der Waals surface area contributed by atoms with Crippen LogP contribution in [0.1, 0.15) is 18.3 Å². The van der Waals surface area contributed by atoms with E-state index >= 15 is 0 Å². The summed E-state index contributed by atoms with van der Waals surface area (Å²) in [7, 11) is 1.97. The second-order valence-electron chi connectivity index (χ2n) is 3.48. The normalized spacial score (nSPS) is 11.0. The van der Waals surface area contributed by atoms with E-state index in [1.807, 2.05) is 31.9 Å². The molecule has 0 aromatic carbocycles. The third-order valence-electron chi connectivity index (χ3n) is 2.21. The Balaban J connectivity index is 2.95. The Labute approximate surface area is 95.8 Å². The molecular formula is C11H16ClN3. The van der Waals surface area contributed by atoms with Gasteiger partial charge in [-0.05, 0) is 26.8 Å². The molecule has 0 spiro atoms. The molecule has 0 aliphatic carbocycles. The van der Waals surface area contributed by atoms with Gasteiger partial charge < -0.3 is 4.90 Å². The summed E-state index contributed by atoms with van der Waals surface area (Å²) < 4.78 is 0. The van der Waals surface area contributed by atoms with Crippen LogP contribution >= 0.6 is 11.6 Å². The monoisotopic (exact) mass is 225 g/mol. The number of aromatic nitrogens is 1. The molecule has 1 heterocycles. The summed E-state index contributed by atoms with van der Waals surface area (Å²) in [6.45, 7) is 6.82. The highest BCUT2D eigenvalue weighted by Crippen LogP contribution is 2.23. The molecule has 0 saturated heterocycles. The molecule has 15 heavy (non-hydrogen) atoms. The number of aliphatic imine (C=N–C) groups is 1. The molecule has 1 aromatic rings. The van der Waals surface area contributed by atoms with Crippen molar-refractivity contribution in [1.29, 1.82) is 0 Å². The fraction of sp³-hybridized carbons (Fsp3) is 0.455. The van der Waals surface area contributed by atoms with Crippen molar-refractivity contribution < 1.29 is 0 Å². The van der Waals surface area contributed by atoms with Crippen LogP contribution in [0.15, 0.2) is 11.1 Å². The number of hydrogen-bond acceptors (Lipinski definition) is 2. The van der Waals surface area contributed by atoms with Crippen LogP contribution in [0.2, 0.25) is 5.02 Å². The van der Waals surface area contributed by atoms with Crippen molar-refractivity contribution in [3.05, 3.63) is 22.5 Å². The lowest BCUT2D eigenvalue weighted by Crippen LogP contribution is -2.14. The highest BCUT2D eigenvalue weighted by atomic mass is 35.5. The van der Waals surface area contributed by atoms with Gasteiger partial charge in [0.15, 0.2) is 0 Å². The Morgan fingerprint density at radius 2 is 2.13 bits per heavy atom. The molecule has 0 N–H and O–H groups in total. The van der Waals surface area contributed by atoms with Gasteiger partial charge in [0.2, 0.25) is 0 Å². The van der Waals surface area contributed by atoms with Gasteiger partial charge in [-0.2, -0.15) is 0 Å². The van der Waals surface area contributed by atoms with Crippen LogP contribution < -0.4 is 0 Å². The highest BCUT2D eigenvalue weighted by Gasteiger charge is 2.02. The average molecular weight is 226 g/mol. The summed E-state index contributed by atoms with van der Waals surface area (Å²) in [6.07, 6.45) is 1.79. The third-order valence-corrected chi connectivity index (χ3v) is 2.59. The standard InChI is InChI=1S/C11H16ClN3/c1-5-15(4)7-13-11-6-10(12)8(2)14-9(11)3/h6-7H,5H2,1-4H3/b13-7+. The first-order valence-corrected chi connectivity index (χ1v) is 5.30. The van der Waals surface area contributed by atoms with E-state index in [0.29, 0.717) is 5.02 Å². The number of aryl methyl sites for hydroxylation is 2. The van der Waals surface area contributed by atoms with Crippen molar-refractivity contribution in [1.82, 2.24) is 9.88 Å². The van der Waals surface area contributed by atoms with Gasteiger partial charge in [-0.1, -0.05) is 11.6 Å². The highest BCUT2D eigenvalue weighted by molar-refractivity contribution is 6.31. The molecule has 0 aliphatic rings. The second kappa shape index (κ2) is 5.12. The Kier molecular flexibility index (Phi) is 4.09. The molecule has 1 rings (SSSR count). The Morgan fingerprint density at radius 3 is 2.73 bits per heavy atom. The lowest BCUT2D eigenvalue weighted by atomic mass is 10.3. The van der Waals surface area contributed by atoms with Crippen LogP contribution in [-0.4, -0.2) is 29.8 Å². The zero-order chi connectivity index (χ0) is 11.4. The van der Waals surface area contributed by atoms with Crippen molar-refractivity contribution in [3.8, 4) is 0 Å². The van der Waals surface area contributed by atoms with Crippen molar-refractivity contribution in [3.63, 3.8) is 0 Å². The minimum absolute atomic E-state index is 0.659. The van der Waals surface area contributed by atoms with E-state index in [0.717, 1.165) is 23.6 Å². The lowest BCUT2D eigenvalue weighted by Gasteiger charge is -2.09. The van der Waals surface area contributed by atoms with Gasteiger partial charge in [0, 0.05) is 13.6 Å². The Bertz CT molecular complexity index is 374. The van der Waals surface area contributed by atoms with E-state index in [-0.39, 0.29) is 0 Å². The molecule has 4 heteroatoms. The maximum absolute atomic E-state index is 5.98. The molecule has 0 fully saturated rings. The van der Waals surface area contributed by atoms with E-state index in [1.165, 1.54) is 0 Å². The molecular weight excluding hydrogens is 210 g/mol. The average Bonchev–Trinajstić information content (AvgIpc) is 2.21. The van der Waals surface area contributed by atoms with E-state index in [4.69, 9.17) is 11.6 Å². The van der Waals surface area contributed by atoms with Crippen molar-refractivity contribution in [2.24, 2.45) is 4.99 Å². The zero-order valence-corrected chi connectivity index (χ0v) is 10.3. The van der Waals surface area contributed by atoms with Crippen molar-refractivity contribution in [2.75, 3.05) is 13.6 Å². The van der Waals surface area contributed by atoms with Gasteiger partial charge in [-0.25, -0.2) is 4.99 Å². The van der Waals surface area contributed by atoms with Gasteiger partial charge in [-0.3, -0.25) is 4.98 Å². The van der Waals surface area contributed by atoms with Gasteiger partial charge in [0.25, 0.3) is 0 Å². The number of pyridine rings is 1. The predicted molar refractivity (Wildman–Crippen MR) is 65.2 cm³/mol. The lowest BCUT2D eigenvalue weighted by molar-refractivity contribution is 0.552. The van der Waals surface area contributed by atoms with E-state index in [2.05, 4.69) is 16.9 Å². The topological polar surface area (TPSA) is 28.5 Å². The largest absolute Gasteiger partial charge is 0.366 e. The minimum atomic E-state index is 0.659. The van der Waals surface area contributed by atoms with E-state index < -0.39 is 0 Å². The zero-order valence-electron chi connectivity index (χ0n) is 9.58. The maximum Gasteiger partial charge on any atom is 0.0910 e. The third kappa shape index (κ3) is 3.20. The molecule has 0 saturated carbocycles. The Hall–Kier alpha value is -1.09. The number of rotatable bonds is 3. The molecule has 0 amide bonds. The van der Waals surface area contributed by atoms with Crippen LogP contribution in [0.4, 0.5) is 5.69 Å². The molecule has 0 aliphatic heterocycles. The number of hydrogen-bond donors (Lipinski definition) is 0. The fourth-order valence-electron chi connectivity index (χ4n) is 1.06. The molecule has 0 unspecified atom stereocenters. The van der Waals surface area contributed by atoms with Crippen molar-refractivity contribution in [2.45, 2.75) is 20.8 Å². The van der Waals surface area contributed by atoms with Crippen LogP contribution in [0.25, 0.3) is 0 Å². The first-order chi connectivity index (χ1) is 7.04. The first kappa shape index (κ1) is 12.0. The van der Waals surface area contributed by atoms with E-state index in [9.17, 15) is 0 Å². The van der Waals surface area contributed by atoms with Gasteiger partial charge in [0.1, 0.15) is 0 Å². The summed E-state index contributed by atoms with van der Waals surface area (Å²) >= 11 is 5.98. The van der Waals surface area contributed by atoms with Crippen LogP contribution in [0, 0.1) is 13.8 Å². The smallest absolute Gasteiger partial charge is 0.0910 e. The van der Waals surface area contributed by atoms with Crippen LogP contribution in [-0.2, 0) is 0 Å². The molecule has 3 nitrogen and oxygen atoms in total. The summed E-state index contributed by atoms with van der Waals surface area (Å²) in [5, 5.41) is 0.659. The van der Waals surface area contributed by atoms with Crippen LogP contribution in [0.3, 0.4) is 0 Å².